The summed E-state index contributed by atoms with van der Waals surface area (Å²) in [5.41, 5.74) is 3.08. The second kappa shape index (κ2) is 7.48. The molecule has 1 aromatic heterocycles. The molecular formula is C23H19N3O2. The van der Waals surface area contributed by atoms with Crippen LogP contribution in [-0.4, -0.2) is 15.9 Å². The molecule has 0 aliphatic rings. The van der Waals surface area contributed by atoms with Crippen molar-refractivity contribution >= 4 is 16.7 Å². The van der Waals surface area contributed by atoms with Crippen molar-refractivity contribution in [1.29, 1.82) is 0 Å². The first-order valence-electron chi connectivity index (χ1n) is 9.04. The van der Waals surface area contributed by atoms with Gasteiger partial charge in [0.05, 0.1) is 12.2 Å². The van der Waals surface area contributed by atoms with E-state index in [9.17, 15) is 9.59 Å². The molecule has 4 aromatic rings. The summed E-state index contributed by atoms with van der Waals surface area (Å²) in [7, 11) is 0. The summed E-state index contributed by atoms with van der Waals surface area (Å²) in [5, 5.41) is 4.77. The molecule has 138 valence electrons. The summed E-state index contributed by atoms with van der Waals surface area (Å²) in [5.74, 6) is 0.324. The third kappa shape index (κ3) is 3.55. The third-order valence-corrected chi connectivity index (χ3v) is 4.59. The summed E-state index contributed by atoms with van der Waals surface area (Å²) in [6.45, 7) is 1.90. The van der Waals surface area contributed by atoms with Crippen LogP contribution in [0.1, 0.15) is 21.9 Å². The van der Waals surface area contributed by atoms with E-state index >= 15 is 0 Å². The van der Waals surface area contributed by atoms with Gasteiger partial charge in [-0.05, 0) is 34.9 Å². The van der Waals surface area contributed by atoms with Gasteiger partial charge in [0.25, 0.3) is 11.5 Å². The van der Waals surface area contributed by atoms with Crippen LogP contribution in [0.25, 0.3) is 21.9 Å². The van der Waals surface area contributed by atoms with Gasteiger partial charge >= 0.3 is 0 Å². The maximum atomic E-state index is 12.8. The highest BCUT2D eigenvalue weighted by Gasteiger charge is 2.12. The van der Waals surface area contributed by atoms with Crippen LogP contribution in [-0.2, 0) is 6.54 Å². The van der Waals surface area contributed by atoms with Crippen molar-refractivity contribution < 1.29 is 4.79 Å². The number of carbonyl (C=O) groups excluding carboxylic acids is 1. The van der Waals surface area contributed by atoms with Crippen LogP contribution in [0, 0.1) is 6.92 Å². The standard InChI is InChI=1S/C23H19N3O2/c1-15-25-17(13-22(27)26-15)14-24-23(28)21-12-6-10-19-18(9-5-11-20(19)21)16-7-3-2-4-8-16/h2-13H,14H2,1H3,(H,24,28)(H,25,26,27). The average molecular weight is 369 g/mol. The molecule has 5 heteroatoms. The fraction of sp³-hybridized carbons (Fsp3) is 0.0870. The van der Waals surface area contributed by atoms with Gasteiger partial charge in [-0.3, -0.25) is 9.59 Å². The van der Waals surface area contributed by atoms with Gasteiger partial charge in [0.15, 0.2) is 0 Å². The molecule has 0 saturated heterocycles. The molecule has 0 unspecified atom stereocenters. The lowest BCUT2D eigenvalue weighted by Crippen LogP contribution is -2.25. The highest BCUT2D eigenvalue weighted by molar-refractivity contribution is 6.10. The van der Waals surface area contributed by atoms with Gasteiger partial charge in [-0.1, -0.05) is 60.7 Å². The molecule has 3 aromatic carbocycles. The monoisotopic (exact) mass is 369 g/mol. The van der Waals surface area contributed by atoms with Crippen LogP contribution in [0.2, 0.25) is 0 Å². The van der Waals surface area contributed by atoms with Crippen LogP contribution in [0.15, 0.2) is 77.6 Å². The van der Waals surface area contributed by atoms with Crippen LogP contribution in [0.4, 0.5) is 0 Å². The van der Waals surface area contributed by atoms with Crippen molar-refractivity contribution in [2.75, 3.05) is 0 Å². The van der Waals surface area contributed by atoms with Crippen molar-refractivity contribution in [3.63, 3.8) is 0 Å². The highest BCUT2D eigenvalue weighted by atomic mass is 16.1. The number of carbonyl (C=O) groups is 1. The number of H-pyrrole nitrogens is 1. The van der Waals surface area contributed by atoms with Crippen molar-refractivity contribution in [3.05, 3.63) is 100 Å². The molecular weight excluding hydrogens is 350 g/mol. The maximum absolute atomic E-state index is 12.8. The summed E-state index contributed by atoms with van der Waals surface area (Å²) < 4.78 is 0. The lowest BCUT2D eigenvalue weighted by molar-refractivity contribution is 0.0952. The zero-order chi connectivity index (χ0) is 19.5. The number of aromatic nitrogens is 2. The van der Waals surface area contributed by atoms with Gasteiger partial charge in [-0.2, -0.15) is 0 Å². The number of aryl methyl sites for hydroxylation is 1. The molecule has 0 bridgehead atoms. The SMILES string of the molecule is Cc1nc(CNC(=O)c2cccc3c(-c4ccccc4)cccc23)cc(=O)[nH]1. The van der Waals surface area contributed by atoms with Crippen molar-refractivity contribution in [1.82, 2.24) is 15.3 Å². The van der Waals surface area contributed by atoms with Gasteiger partial charge in [0, 0.05) is 11.6 Å². The van der Waals surface area contributed by atoms with E-state index in [1.54, 1.807) is 6.92 Å². The van der Waals surface area contributed by atoms with Crippen molar-refractivity contribution in [2.24, 2.45) is 0 Å². The Morgan fingerprint density at radius 1 is 0.964 bits per heavy atom. The van der Waals surface area contributed by atoms with Crippen LogP contribution >= 0.6 is 0 Å². The molecule has 0 saturated carbocycles. The molecule has 1 amide bonds. The Morgan fingerprint density at radius 3 is 2.50 bits per heavy atom. The first-order valence-corrected chi connectivity index (χ1v) is 9.04. The Morgan fingerprint density at radius 2 is 1.71 bits per heavy atom. The number of hydrogen-bond acceptors (Lipinski definition) is 3. The molecule has 1 heterocycles. The Balaban J connectivity index is 1.67. The first kappa shape index (κ1) is 17.7. The van der Waals surface area contributed by atoms with E-state index in [2.05, 4.69) is 33.5 Å². The topological polar surface area (TPSA) is 74.8 Å². The largest absolute Gasteiger partial charge is 0.346 e. The molecule has 0 radical (unpaired) electrons. The number of nitrogens with zero attached hydrogens (tertiary/aromatic N) is 1. The molecule has 4 rings (SSSR count). The first-order chi connectivity index (χ1) is 13.6. The Hall–Kier alpha value is -3.73. The molecule has 0 atom stereocenters. The molecule has 0 spiro atoms. The number of nitrogens with one attached hydrogen (secondary N) is 2. The van der Waals surface area contributed by atoms with Gasteiger partial charge < -0.3 is 10.3 Å². The lowest BCUT2D eigenvalue weighted by atomic mass is 9.95. The van der Waals surface area contributed by atoms with Gasteiger partial charge in [-0.15, -0.1) is 0 Å². The van der Waals surface area contributed by atoms with E-state index in [-0.39, 0.29) is 18.0 Å². The van der Waals surface area contributed by atoms with Gasteiger partial charge in [0.2, 0.25) is 0 Å². The van der Waals surface area contributed by atoms with Gasteiger partial charge in [-0.25, -0.2) is 4.98 Å². The summed E-state index contributed by atoms with van der Waals surface area (Å²) in [6.07, 6.45) is 0. The molecule has 0 fully saturated rings. The third-order valence-electron chi connectivity index (χ3n) is 4.59. The summed E-state index contributed by atoms with van der Waals surface area (Å²) >= 11 is 0. The molecule has 28 heavy (non-hydrogen) atoms. The van der Waals surface area contributed by atoms with E-state index < -0.39 is 0 Å². The van der Waals surface area contributed by atoms with E-state index in [4.69, 9.17) is 0 Å². The normalized spacial score (nSPS) is 10.8. The summed E-state index contributed by atoms with van der Waals surface area (Å²) in [6, 6.07) is 23.2. The van der Waals surface area contributed by atoms with Gasteiger partial charge in [0.1, 0.15) is 5.82 Å². The second-order valence-electron chi connectivity index (χ2n) is 6.58. The fourth-order valence-electron chi connectivity index (χ4n) is 3.38. The van der Waals surface area contributed by atoms with Crippen LogP contribution in [0.5, 0.6) is 0 Å². The van der Waals surface area contributed by atoms with Crippen LogP contribution < -0.4 is 10.9 Å². The fourth-order valence-corrected chi connectivity index (χ4v) is 3.38. The highest BCUT2D eigenvalue weighted by Crippen LogP contribution is 2.30. The predicted molar refractivity (Wildman–Crippen MR) is 110 cm³/mol. The van der Waals surface area contributed by atoms with Crippen molar-refractivity contribution in [2.45, 2.75) is 13.5 Å². The minimum Gasteiger partial charge on any atom is -0.346 e. The minimum absolute atomic E-state index is 0.193. The molecule has 5 nitrogen and oxygen atoms in total. The zero-order valence-corrected chi connectivity index (χ0v) is 15.4. The maximum Gasteiger partial charge on any atom is 0.252 e. The number of hydrogen-bond donors (Lipinski definition) is 2. The summed E-state index contributed by atoms with van der Waals surface area (Å²) in [4.78, 5) is 31.2. The number of rotatable bonds is 4. The minimum atomic E-state index is -0.227. The molecule has 0 aliphatic carbocycles. The predicted octanol–water partition coefficient (Wildman–Crippen LogP) is 3.83. The lowest BCUT2D eigenvalue weighted by Gasteiger charge is -2.11. The second-order valence-corrected chi connectivity index (χ2v) is 6.58. The average Bonchev–Trinajstić information content (AvgIpc) is 2.71. The van der Waals surface area contributed by atoms with Crippen LogP contribution in [0.3, 0.4) is 0 Å². The van der Waals surface area contributed by atoms with E-state index in [0.29, 0.717) is 17.1 Å². The molecule has 0 aliphatic heterocycles. The zero-order valence-electron chi connectivity index (χ0n) is 15.4. The number of aromatic amines is 1. The Bertz CT molecular complexity index is 1210. The smallest absolute Gasteiger partial charge is 0.252 e. The van der Waals surface area contributed by atoms with E-state index in [1.807, 2.05) is 48.5 Å². The number of fused-ring (bicyclic) bond motifs is 1. The quantitative estimate of drug-likeness (QED) is 0.574. The number of benzene rings is 3. The Labute approximate surface area is 162 Å². The van der Waals surface area contributed by atoms with E-state index in [0.717, 1.165) is 21.9 Å². The number of amides is 1. The van der Waals surface area contributed by atoms with E-state index in [1.165, 1.54) is 6.07 Å². The Kier molecular flexibility index (Phi) is 4.72. The van der Waals surface area contributed by atoms with Crippen molar-refractivity contribution in [3.8, 4) is 11.1 Å². The molecule has 2 N–H and O–H groups in total.